The van der Waals surface area contributed by atoms with E-state index in [2.05, 4.69) is 11.1 Å². The Kier molecular flexibility index (Phi) is 4.25. The number of thiazole rings is 1. The first-order valence-corrected chi connectivity index (χ1v) is 11.0. The lowest BCUT2D eigenvalue weighted by molar-refractivity contribution is 0.0604. The summed E-state index contributed by atoms with van der Waals surface area (Å²) in [6.07, 6.45) is 3.48. The average Bonchev–Trinajstić information content (AvgIpc) is 3.21. The molecule has 150 valence electrons. The minimum absolute atomic E-state index is 0.0475. The molecule has 1 aliphatic rings. The minimum atomic E-state index is 0.0475. The number of fused-ring (bicyclic) bond motifs is 2. The molecule has 2 aromatic carbocycles. The van der Waals surface area contributed by atoms with Gasteiger partial charge in [-0.2, -0.15) is 0 Å². The first-order valence-electron chi connectivity index (χ1n) is 10.2. The normalized spacial score (nSPS) is 14.1. The molecule has 31 heavy (non-hydrogen) atoms. The van der Waals surface area contributed by atoms with Gasteiger partial charge in [0.1, 0.15) is 5.01 Å². The van der Waals surface area contributed by atoms with E-state index in [0.717, 1.165) is 32.7 Å². The van der Waals surface area contributed by atoms with Gasteiger partial charge in [0, 0.05) is 42.4 Å². The van der Waals surface area contributed by atoms with Gasteiger partial charge in [-0.3, -0.25) is 9.78 Å². The zero-order valence-corrected chi connectivity index (χ0v) is 17.4. The summed E-state index contributed by atoms with van der Waals surface area (Å²) in [6, 6.07) is 21.8. The number of amides is 1. The molecule has 0 saturated carbocycles. The van der Waals surface area contributed by atoms with Crippen molar-refractivity contribution in [2.75, 3.05) is 13.1 Å². The van der Waals surface area contributed by atoms with Gasteiger partial charge in [-0.05, 0) is 36.4 Å². The molecule has 1 fully saturated rings. The Bertz CT molecular complexity index is 1390. The highest BCUT2D eigenvalue weighted by Crippen LogP contribution is 2.35. The van der Waals surface area contributed by atoms with E-state index in [4.69, 9.17) is 9.97 Å². The average molecular weight is 423 g/mol. The number of rotatable bonds is 3. The molecular weight excluding hydrogens is 404 g/mol. The SMILES string of the molecule is O=C(c1cc(-c2ccncc2)nc2ccccc12)N1CC(c2nc3ccccc3s2)C1. The van der Waals surface area contributed by atoms with Crippen LogP contribution >= 0.6 is 11.3 Å². The lowest BCUT2D eigenvalue weighted by Gasteiger charge is -2.38. The quantitative estimate of drug-likeness (QED) is 0.404. The van der Waals surface area contributed by atoms with Crippen LogP contribution in [0.15, 0.2) is 79.1 Å². The molecule has 6 heteroatoms. The summed E-state index contributed by atoms with van der Waals surface area (Å²) in [5.74, 6) is 0.348. The number of benzene rings is 2. The molecule has 0 radical (unpaired) electrons. The number of para-hydroxylation sites is 2. The molecule has 0 aliphatic carbocycles. The molecule has 0 bridgehead atoms. The predicted molar refractivity (Wildman–Crippen MR) is 123 cm³/mol. The topological polar surface area (TPSA) is 59.0 Å². The Morgan fingerprint density at radius 2 is 1.65 bits per heavy atom. The Morgan fingerprint density at radius 1 is 0.903 bits per heavy atom. The third kappa shape index (κ3) is 3.16. The number of hydrogen-bond acceptors (Lipinski definition) is 5. The summed E-state index contributed by atoms with van der Waals surface area (Å²) in [7, 11) is 0. The van der Waals surface area contributed by atoms with Crippen LogP contribution in [0.5, 0.6) is 0 Å². The fourth-order valence-corrected chi connectivity index (χ4v) is 5.11. The van der Waals surface area contributed by atoms with Crippen LogP contribution in [0, 0.1) is 0 Å². The molecule has 1 aliphatic heterocycles. The molecule has 0 atom stereocenters. The van der Waals surface area contributed by atoms with Crippen LogP contribution in [0.2, 0.25) is 0 Å². The molecule has 6 rings (SSSR count). The maximum Gasteiger partial charge on any atom is 0.254 e. The highest BCUT2D eigenvalue weighted by Gasteiger charge is 2.35. The molecule has 1 saturated heterocycles. The van der Waals surface area contributed by atoms with Crippen LogP contribution in [0.4, 0.5) is 0 Å². The third-order valence-corrected chi connectivity index (χ3v) is 6.95. The van der Waals surface area contributed by atoms with E-state index in [-0.39, 0.29) is 5.91 Å². The second-order valence-corrected chi connectivity index (χ2v) is 8.80. The van der Waals surface area contributed by atoms with E-state index in [1.54, 1.807) is 23.7 Å². The van der Waals surface area contributed by atoms with Gasteiger partial charge in [-0.25, -0.2) is 9.97 Å². The van der Waals surface area contributed by atoms with Gasteiger partial charge in [0.25, 0.3) is 5.91 Å². The van der Waals surface area contributed by atoms with Crippen LogP contribution in [-0.2, 0) is 0 Å². The van der Waals surface area contributed by atoms with Gasteiger partial charge < -0.3 is 4.90 Å². The van der Waals surface area contributed by atoms with Crippen molar-refractivity contribution in [1.29, 1.82) is 0 Å². The fourth-order valence-electron chi connectivity index (χ4n) is 4.06. The molecule has 0 N–H and O–H groups in total. The largest absolute Gasteiger partial charge is 0.337 e. The summed E-state index contributed by atoms with van der Waals surface area (Å²) in [5.41, 5.74) is 4.29. The Hall–Kier alpha value is -3.64. The van der Waals surface area contributed by atoms with Crippen LogP contribution in [0.25, 0.3) is 32.4 Å². The number of hydrogen-bond donors (Lipinski definition) is 0. The second kappa shape index (κ2) is 7.25. The predicted octanol–water partition coefficient (Wildman–Crippen LogP) is 5.15. The van der Waals surface area contributed by atoms with Crippen molar-refractivity contribution in [1.82, 2.24) is 19.9 Å². The maximum absolute atomic E-state index is 13.4. The summed E-state index contributed by atoms with van der Waals surface area (Å²) < 4.78 is 1.20. The van der Waals surface area contributed by atoms with E-state index in [1.165, 1.54) is 4.70 Å². The van der Waals surface area contributed by atoms with E-state index < -0.39 is 0 Å². The van der Waals surface area contributed by atoms with Gasteiger partial charge in [-0.15, -0.1) is 11.3 Å². The maximum atomic E-state index is 13.4. The Morgan fingerprint density at radius 3 is 2.45 bits per heavy atom. The van der Waals surface area contributed by atoms with Crippen LogP contribution in [0.3, 0.4) is 0 Å². The second-order valence-electron chi connectivity index (χ2n) is 7.73. The smallest absolute Gasteiger partial charge is 0.254 e. The van der Waals surface area contributed by atoms with E-state index in [1.807, 2.05) is 65.6 Å². The number of carbonyl (C=O) groups excluding carboxylic acids is 1. The number of nitrogens with zero attached hydrogens (tertiary/aromatic N) is 4. The van der Waals surface area contributed by atoms with Crippen LogP contribution < -0.4 is 0 Å². The molecule has 0 unspecified atom stereocenters. The highest BCUT2D eigenvalue weighted by molar-refractivity contribution is 7.18. The van der Waals surface area contributed by atoms with E-state index >= 15 is 0 Å². The van der Waals surface area contributed by atoms with Crippen molar-refractivity contribution >= 4 is 38.4 Å². The lowest BCUT2D eigenvalue weighted by atomic mass is 9.97. The fraction of sp³-hybridized carbons (Fsp3) is 0.120. The van der Waals surface area contributed by atoms with Gasteiger partial charge in [-0.1, -0.05) is 30.3 Å². The van der Waals surface area contributed by atoms with Crippen molar-refractivity contribution in [3.05, 3.63) is 89.7 Å². The van der Waals surface area contributed by atoms with Crippen molar-refractivity contribution in [3.63, 3.8) is 0 Å². The summed E-state index contributed by atoms with van der Waals surface area (Å²) in [4.78, 5) is 29.0. The van der Waals surface area contributed by atoms with E-state index in [9.17, 15) is 4.79 Å². The molecular formula is C25H18N4OS. The van der Waals surface area contributed by atoms with Crippen molar-refractivity contribution in [2.24, 2.45) is 0 Å². The molecule has 5 aromatic rings. The first kappa shape index (κ1) is 18.2. The number of pyridine rings is 2. The van der Waals surface area contributed by atoms with Crippen LogP contribution in [-0.4, -0.2) is 38.8 Å². The monoisotopic (exact) mass is 422 g/mol. The Balaban J connectivity index is 1.31. The van der Waals surface area contributed by atoms with Gasteiger partial charge >= 0.3 is 0 Å². The van der Waals surface area contributed by atoms with Gasteiger partial charge in [0.15, 0.2) is 0 Å². The molecule has 5 nitrogen and oxygen atoms in total. The van der Waals surface area contributed by atoms with Gasteiger partial charge in [0.2, 0.25) is 0 Å². The van der Waals surface area contributed by atoms with E-state index in [0.29, 0.717) is 24.6 Å². The van der Waals surface area contributed by atoms with Crippen molar-refractivity contribution in [3.8, 4) is 11.3 Å². The highest BCUT2D eigenvalue weighted by atomic mass is 32.1. The minimum Gasteiger partial charge on any atom is -0.337 e. The molecule has 4 heterocycles. The van der Waals surface area contributed by atoms with Crippen molar-refractivity contribution in [2.45, 2.75) is 5.92 Å². The Labute approximate surface area is 183 Å². The van der Waals surface area contributed by atoms with Crippen molar-refractivity contribution < 1.29 is 4.79 Å². The van der Waals surface area contributed by atoms with Gasteiger partial charge in [0.05, 0.1) is 27.0 Å². The lowest BCUT2D eigenvalue weighted by Crippen LogP contribution is -2.48. The number of aromatic nitrogens is 3. The summed E-state index contributed by atoms with van der Waals surface area (Å²) in [5, 5.41) is 2.00. The molecule has 0 spiro atoms. The zero-order chi connectivity index (χ0) is 20.8. The number of likely N-dealkylation sites (tertiary alicyclic amines) is 1. The summed E-state index contributed by atoms with van der Waals surface area (Å²) in [6.45, 7) is 1.39. The zero-order valence-electron chi connectivity index (χ0n) is 16.6. The third-order valence-electron chi connectivity index (χ3n) is 5.75. The summed E-state index contributed by atoms with van der Waals surface area (Å²) >= 11 is 1.73. The number of carbonyl (C=O) groups is 1. The standard InChI is InChI=1S/C25H18N4OS/c30-25(29-14-17(15-29)24-28-21-7-3-4-8-23(21)31-24)19-13-22(16-9-11-26-12-10-16)27-20-6-2-1-5-18(19)20/h1-13,17H,14-15H2. The molecule has 1 amide bonds. The first-order chi connectivity index (χ1) is 15.3. The molecule has 3 aromatic heterocycles. The van der Waals surface area contributed by atoms with Crippen LogP contribution in [0.1, 0.15) is 21.3 Å².